The SMILES string of the molecule is COc1cc2ccncc2cc1-c1cccc2nn(C)cc12. The Morgan fingerprint density at radius 3 is 2.82 bits per heavy atom. The highest BCUT2D eigenvalue weighted by molar-refractivity contribution is 5.99. The van der Waals surface area contributed by atoms with E-state index in [0.29, 0.717) is 0 Å². The number of ether oxygens (including phenoxy) is 1. The Kier molecular flexibility index (Phi) is 2.82. The van der Waals surface area contributed by atoms with Crippen molar-refractivity contribution in [2.24, 2.45) is 7.05 Å². The van der Waals surface area contributed by atoms with Crippen molar-refractivity contribution in [1.29, 1.82) is 0 Å². The van der Waals surface area contributed by atoms with Gasteiger partial charge in [0.05, 0.1) is 12.6 Å². The second kappa shape index (κ2) is 4.84. The van der Waals surface area contributed by atoms with Gasteiger partial charge in [0, 0.05) is 42.0 Å². The summed E-state index contributed by atoms with van der Waals surface area (Å²) in [7, 11) is 3.64. The quantitative estimate of drug-likeness (QED) is 0.563. The maximum absolute atomic E-state index is 5.62. The molecule has 22 heavy (non-hydrogen) atoms. The first-order valence-corrected chi connectivity index (χ1v) is 7.11. The van der Waals surface area contributed by atoms with Crippen LogP contribution in [0.3, 0.4) is 0 Å². The Hall–Kier alpha value is -2.88. The van der Waals surface area contributed by atoms with Crippen LogP contribution in [0.25, 0.3) is 32.8 Å². The molecule has 4 rings (SSSR count). The van der Waals surface area contributed by atoms with E-state index in [4.69, 9.17) is 4.74 Å². The summed E-state index contributed by atoms with van der Waals surface area (Å²) >= 11 is 0. The van der Waals surface area contributed by atoms with E-state index in [9.17, 15) is 0 Å². The van der Waals surface area contributed by atoms with Crippen LogP contribution in [-0.2, 0) is 7.05 Å². The van der Waals surface area contributed by atoms with E-state index >= 15 is 0 Å². The molecule has 0 bridgehead atoms. The molecule has 0 aliphatic heterocycles. The Bertz CT molecular complexity index is 988. The third-order valence-electron chi connectivity index (χ3n) is 3.91. The summed E-state index contributed by atoms with van der Waals surface area (Å²) < 4.78 is 7.45. The van der Waals surface area contributed by atoms with Crippen LogP contribution in [0, 0.1) is 0 Å². The summed E-state index contributed by atoms with van der Waals surface area (Å²) in [6.07, 6.45) is 5.71. The molecule has 0 aliphatic carbocycles. The monoisotopic (exact) mass is 289 g/mol. The van der Waals surface area contributed by atoms with Crippen LogP contribution >= 0.6 is 0 Å². The number of hydrogen-bond donors (Lipinski definition) is 0. The highest BCUT2D eigenvalue weighted by atomic mass is 16.5. The molecular weight excluding hydrogens is 274 g/mol. The molecule has 2 heterocycles. The average molecular weight is 289 g/mol. The maximum Gasteiger partial charge on any atom is 0.127 e. The summed E-state index contributed by atoms with van der Waals surface area (Å²) in [5.74, 6) is 0.857. The van der Waals surface area contributed by atoms with E-state index in [2.05, 4.69) is 28.3 Å². The molecule has 108 valence electrons. The lowest BCUT2D eigenvalue weighted by atomic mass is 9.98. The Balaban J connectivity index is 2.06. The zero-order chi connectivity index (χ0) is 15.1. The molecule has 4 nitrogen and oxygen atoms in total. The number of fused-ring (bicyclic) bond motifs is 2. The first-order valence-electron chi connectivity index (χ1n) is 7.11. The van der Waals surface area contributed by atoms with E-state index in [-0.39, 0.29) is 0 Å². The number of nitrogens with zero attached hydrogens (tertiary/aromatic N) is 3. The molecule has 2 aromatic carbocycles. The molecule has 0 amide bonds. The Morgan fingerprint density at radius 1 is 1.05 bits per heavy atom. The van der Waals surface area contributed by atoms with Gasteiger partial charge in [-0.1, -0.05) is 12.1 Å². The second-order valence-corrected chi connectivity index (χ2v) is 5.32. The Morgan fingerprint density at radius 2 is 1.95 bits per heavy atom. The minimum Gasteiger partial charge on any atom is -0.496 e. The lowest BCUT2D eigenvalue weighted by molar-refractivity contribution is 0.417. The van der Waals surface area contributed by atoms with Crippen LogP contribution in [0.2, 0.25) is 0 Å². The number of methoxy groups -OCH3 is 1. The fourth-order valence-electron chi connectivity index (χ4n) is 2.89. The number of aryl methyl sites for hydroxylation is 1. The van der Waals surface area contributed by atoms with Crippen LogP contribution in [0.4, 0.5) is 0 Å². The van der Waals surface area contributed by atoms with Gasteiger partial charge in [0.1, 0.15) is 5.75 Å². The van der Waals surface area contributed by atoms with Crippen LogP contribution in [0.5, 0.6) is 5.75 Å². The largest absolute Gasteiger partial charge is 0.496 e. The van der Waals surface area contributed by atoms with E-state index in [0.717, 1.165) is 38.6 Å². The highest BCUT2D eigenvalue weighted by Gasteiger charge is 2.12. The maximum atomic E-state index is 5.62. The predicted octanol–water partition coefficient (Wildman–Crippen LogP) is 3.80. The molecular formula is C18H15N3O. The molecule has 0 fully saturated rings. The van der Waals surface area contributed by atoms with Gasteiger partial charge >= 0.3 is 0 Å². The molecule has 4 heteroatoms. The topological polar surface area (TPSA) is 39.9 Å². The van der Waals surface area contributed by atoms with Crippen molar-refractivity contribution in [2.45, 2.75) is 0 Å². The van der Waals surface area contributed by atoms with Crippen molar-refractivity contribution < 1.29 is 4.74 Å². The molecule has 0 saturated carbocycles. The van der Waals surface area contributed by atoms with Gasteiger partial charge in [-0.25, -0.2) is 0 Å². The molecule has 0 N–H and O–H groups in total. The highest BCUT2D eigenvalue weighted by Crippen LogP contribution is 2.37. The molecule has 0 spiro atoms. The zero-order valence-corrected chi connectivity index (χ0v) is 12.4. The van der Waals surface area contributed by atoms with E-state index in [1.54, 1.807) is 13.3 Å². The van der Waals surface area contributed by atoms with Crippen molar-refractivity contribution in [1.82, 2.24) is 14.8 Å². The first-order chi connectivity index (χ1) is 10.8. The molecule has 0 radical (unpaired) electrons. The zero-order valence-electron chi connectivity index (χ0n) is 12.4. The van der Waals surface area contributed by atoms with E-state index in [1.165, 1.54) is 0 Å². The number of pyridine rings is 1. The number of rotatable bonds is 2. The molecule has 0 atom stereocenters. The first kappa shape index (κ1) is 12.8. The summed E-state index contributed by atoms with van der Waals surface area (Å²) in [6.45, 7) is 0. The normalized spacial score (nSPS) is 11.2. The molecule has 0 aliphatic rings. The van der Waals surface area contributed by atoms with Crippen molar-refractivity contribution in [2.75, 3.05) is 7.11 Å². The van der Waals surface area contributed by atoms with Crippen molar-refractivity contribution in [3.63, 3.8) is 0 Å². The third-order valence-corrected chi connectivity index (χ3v) is 3.91. The van der Waals surface area contributed by atoms with Gasteiger partial charge < -0.3 is 4.74 Å². The standard InChI is InChI=1S/C18H15N3O/c1-21-11-16-14(4-3-5-17(16)20-21)15-8-13-10-19-7-6-12(13)9-18(15)22-2/h3-11H,1-2H3. The summed E-state index contributed by atoms with van der Waals surface area (Å²) in [5, 5.41) is 7.81. The molecule has 0 saturated heterocycles. The van der Waals surface area contributed by atoms with Crippen molar-refractivity contribution in [3.05, 3.63) is 55.0 Å². The van der Waals surface area contributed by atoms with Crippen LogP contribution in [0.1, 0.15) is 0 Å². The van der Waals surface area contributed by atoms with Crippen molar-refractivity contribution >= 4 is 21.7 Å². The van der Waals surface area contributed by atoms with Gasteiger partial charge in [-0.2, -0.15) is 5.10 Å². The minimum atomic E-state index is 0.857. The van der Waals surface area contributed by atoms with Gasteiger partial charge in [-0.3, -0.25) is 9.67 Å². The van der Waals surface area contributed by atoms with Crippen LogP contribution in [-0.4, -0.2) is 21.9 Å². The molecule has 2 aromatic heterocycles. The fourth-order valence-corrected chi connectivity index (χ4v) is 2.89. The molecule has 0 unspecified atom stereocenters. The van der Waals surface area contributed by atoms with E-state index < -0.39 is 0 Å². The van der Waals surface area contributed by atoms with Gasteiger partial charge in [0.2, 0.25) is 0 Å². The summed E-state index contributed by atoms with van der Waals surface area (Å²) in [4.78, 5) is 4.21. The lowest BCUT2D eigenvalue weighted by Gasteiger charge is -2.11. The lowest BCUT2D eigenvalue weighted by Crippen LogP contribution is -1.89. The second-order valence-electron chi connectivity index (χ2n) is 5.32. The minimum absolute atomic E-state index is 0.857. The fraction of sp³-hybridized carbons (Fsp3) is 0.111. The van der Waals surface area contributed by atoms with Gasteiger partial charge in [-0.05, 0) is 35.2 Å². The number of aromatic nitrogens is 3. The Labute approximate surface area is 128 Å². The third kappa shape index (κ3) is 1.92. The van der Waals surface area contributed by atoms with Gasteiger partial charge in [0.25, 0.3) is 0 Å². The van der Waals surface area contributed by atoms with E-state index in [1.807, 2.05) is 42.3 Å². The van der Waals surface area contributed by atoms with Crippen LogP contribution in [0.15, 0.2) is 55.0 Å². The summed E-state index contributed by atoms with van der Waals surface area (Å²) in [6, 6.07) is 12.3. The summed E-state index contributed by atoms with van der Waals surface area (Å²) in [5.41, 5.74) is 3.16. The van der Waals surface area contributed by atoms with Gasteiger partial charge in [-0.15, -0.1) is 0 Å². The predicted molar refractivity (Wildman–Crippen MR) is 88.0 cm³/mol. The average Bonchev–Trinajstić information content (AvgIpc) is 2.93. The van der Waals surface area contributed by atoms with Gasteiger partial charge in [0.15, 0.2) is 0 Å². The van der Waals surface area contributed by atoms with Crippen LogP contribution < -0.4 is 4.74 Å². The number of hydrogen-bond acceptors (Lipinski definition) is 3. The molecule has 4 aromatic rings. The number of benzene rings is 2. The smallest absolute Gasteiger partial charge is 0.127 e. The van der Waals surface area contributed by atoms with Crippen molar-refractivity contribution in [3.8, 4) is 16.9 Å².